The first-order valence-electron chi connectivity index (χ1n) is 7.42. The summed E-state index contributed by atoms with van der Waals surface area (Å²) in [7, 11) is 3.92. The second kappa shape index (κ2) is 7.07. The van der Waals surface area contributed by atoms with E-state index in [4.69, 9.17) is 9.84 Å². The molecular formula is C16H26N2O2. The number of ether oxygens (including phenoxy) is 1. The van der Waals surface area contributed by atoms with E-state index in [1.165, 1.54) is 16.7 Å². The summed E-state index contributed by atoms with van der Waals surface area (Å²) in [5.74, 6) is 0.947. The predicted molar refractivity (Wildman–Crippen MR) is 81.2 cm³/mol. The molecule has 0 bridgehead atoms. The Morgan fingerprint density at radius 2 is 2.25 bits per heavy atom. The summed E-state index contributed by atoms with van der Waals surface area (Å²) in [6.45, 7) is 4.86. The summed E-state index contributed by atoms with van der Waals surface area (Å²) < 4.78 is 5.55. The standard InChI is InChI=1S/C16H26N2O2/c1-4-15-14-10-16(20-3)13(11-17-6-8-19)9-12(14)5-7-18(15)2/h9-10,15,17,19H,4-8,11H2,1-3H3. The van der Waals surface area contributed by atoms with Crippen LogP contribution in [-0.2, 0) is 13.0 Å². The van der Waals surface area contributed by atoms with E-state index in [0.717, 1.165) is 31.7 Å². The highest BCUT2D eigenvalue weighted by Crippen LogP contribution is 2.35. The van der Waals surface area contributed by atoms with Crippen molar-refractivity contribution in [3.05, 3.63) is 28.8 Å². The molecule has 0 saturated carbocycles. The zero-order valence-corrected chi connectivity index (χ0v) is 12.8. The Kier molecular flexibility index (Phi) is 5.40. The molecule has 0 radical (unpaired) electrons. The topological polar surface area (TPSA) is 44.7 Å². The van der Waals surface area contributed by atoms with E-state index in [1.54, 1.807) is 7.11 Å². The first-order valence-corrected chi connectivity index (χ1v) is 7.42. The molecule has 1 atom stereocenters. The maximum absolute atomic E-state index is 8.86. The van der Waals surface area contributed by atoms with Crippen LogP contribution in [0.25, 0.3) is 0 Å². The molecule has 2 N–H and O–H groups in total. The Hall–Kier alpha value is -1.10. The summed E-state index contributed by atoms with van der Waals surface area (Å²) >= 11 is 0. The van der Waals surface area contributed by atoms with E-state index in [1.807, 2.05) is 0 Å². The Morgan fingerprint density at radius 3 is 2.90 bits per heavy atom. The number of hydrogen-bond acceptors (Lipinski definition) is 4. The van der Waals surface area contributed by atoms with Gasteiger partial charge in [0, 0.05) is 31.2 Å². The maximum atomic E-state index is 8.86. The number of likely N-dealkylation sites (N-methyl/N-ethyl adjacent to an activating group) is 1. The van der Waals surface area contributed by atoms with Gasteiger partial charge in [0.2, 0.25) is 0 Å². The second-order valence-corrected chi connectivity index (χ2v) is 5.42. The van der Waals surface area contributed by atoms with Crippen LogP contribution in [-0.4, -0.2) is 43.9 Å². The quantitative estimate of drug-likeness (QED) is 0.778. The minimum Gasteiger partial charge on any atom is -0.496 e. The SMILES string of the molecule is CCC1c2cc(OC)c(CNCCO)cc2CCN1C. The average molecular weight is 278 g/mol. The lowest BCUT2D eigenvalue weighted by atomic mass is 9.89. The fraction of sp³-hybridized carbons (Fsp3) is 0.625. The van der Waals surface area contributed by atoms with E-state index in [9.17, 15) is 0 Å². The van der Waals surface area contributed by atoms with Crippen LogP contribution in [0.4, 0.5) is 0 Å². The molecular weight excluding hydrogens is 252 g/mol. The molecule has 0 aliphatic carbocycles. The summed E-state index contributed by atoms with van der Waals surface area (Å²) in [5, 5.41) is 12.1. The molecule has 20 heavy (non-hydrogen) atoms. The zero-order valence-electron chi connectivity index (χ0n) is 12.8. The molecule has 0 amide bonds. The monoisotopic (exact) mass is 278 g/mol. The molecule has 0 spiro atoms. The molecule has 0 fully saturated rings. The van der Waals surface area contributed by atoms with Gasteiger partial charge in [0.1, 0.15) is 5.75 Å². The highest BCUT2D eigenvalue weighted by atomic mass is 16.5. The molecule has 1 aliphatic heterocycles. The van der Waals surface area contributed by atoms with Crippen molar-refractivity contribution >= 4 is 0 Å². The van der Waals surface area contributed by atoms with E-state index >= 15 is 0 Å². The average Bonchev–Trinajstić information content (AvgIpc) is 2.47. The van der Waals surface area contributed by atoms with Gasteiger partial charge in [-0.25, -0.2) is 0 Å². The van der Waals surface area contributed by atoms with Crippen molar-refractivity contribution < 1.29 is 9.84 Å². The molecule has 1 unspecified atom stereocenters. The minimum atomic E-state index is 0.163. The van der Waals surface area contributed by atoms with Gasteiger partial charge in [-0.2, -0.15) is 0 Å². The lowest BCUT2D eigenvalue weighted by Gasteiger charge is -2.34. The van der Waals surface area contributed by atoms with Crippen LogP contribution >= 0.6 is 0 Å². The number of benzene rings is 1. The van der Waals surface area contributed by atoms with Gasteiger partial charge in [-0.3, -0.25) is 4.90 Å². The van der Waals surface area contributed by atoms with Crippen molar-refractivity contribution in [1.29, 1.82) is 0 Å². The van der Waals surface area contributed by atoms with Crippen molar-refractivity contribution in [1.82, 2.24) is 10.2 Å². The van der Waals surface area contributed by atoms with Crippen LogP contribution in [0.15, 0.2) is 12.1 Å². The normalized spacial score (nSPS) is 18.9. The number of fused-ring (bicyclic) bond motifs is 1. The van der Waals surface area contributed by atoms with Crippen LogP contribution in [0.1, 0.15) is 36.1 Å². The highest BCUT2D eigenvalue weighted by Gasteiger charge is 2.24. The molecule has 0 saturated heterocycles. The number of aliphatic hydroxyl groups is 1. The molecule has 4 heteroatoms. The number of nitrogens with zero attached hydrogens (tertiary/aromatic N) is 1. The maximum Gasteiger partial charge on any atom is 0.123 e. The molecule has 4 nitrogen and oxygen atoms in total. The third-order valence-electron chi connectivity index (χ3n) is 4.16. The molecule has 1 aromatic carbocycles. The molecule has 0 aromatic heterocycles. The van der Waals surface area contributed by atoms with Crippen LogP contribution < -0.4 is 10.1 Å². The van der Waals surface area contributed by atoms with Gasteiger partial charge in [-0.15, -0.1) is 0 Å². The lowest BCUT2D eigenvalue weighted by Crippen LogP contribution is -2.32. The molecule has 2 rings (SSSR count). The van der Waals surface area contributed by atoms with Crippen LogP contribution in [0.3, 0.4) is 0 Å². The Balaban J connectivity index is 2.29. The fourth-order valence-electron chi connectivity index (χ4n) is 3.07. The second-order valence-electron chi connectivity index (χ2n) is 5.42. The van der Waals surface area contributed by atoms with Crippen LogP contribution in [0.2, 0.25) is 0 Å². The van der Waals surface area contributed by atoms with Gasteiger partial charge < -0.3 is 15.2 Å². The Bertz CT molecular complexity index is 448. The van der Waals surface area contributed by atoms with Crippen LogP contribution in [0, 0.1) is 0 Å². The number of hydrogen-bond donors (Lipinski definition) is 2. The summed E-state index contributed by atoms with van der Waals surface area (Å²) in [6, 6.07) is 4.97. The number of methoxy groups -OCH3 is 1. The minimum absolute atomic E-state index is 0.163. The number of aliphatic hydroxyl groups excluding tert-OH is 1. The number of nitrogens with one attached hydrogen (secondary N) is 1. The predicted octanol–water partition coefficient (Wildman–Crippen LogP) is 1.72. The third-order valence-corrected chi connectivity index (χ3v) is 4.16. The third kappa shape index (κ3) is 3.14. The zero-order chi connectivity index (χ0) is 14.5. The first kappa shape index (κ1) is 15.3. The Morgan fingerprint density at radius 1 is 1.45 bits per heavy atom. The van der Waals surface area contributed by atoms with E-state index in [2.05, 4.69) is 36.3 Å². The molecule has 1 heterocycles. The summed E-state index contributed by atoms with van der Waals surface area (Å²) in [6.07, 6.45) is 2.22. The lowest BCUT2D eigenvalue weighted by molar-refractivity contribution is 0.224. The Labute approximate surface area is 121 Å². The van der Waals surface area contributed by atoms with Gasteiger partial charge >= 0.3 is 0 Å². The van der Waals surface area contributed by atoms with Crippen molar-refractivity contribution in [3.63, 3.8) is 0 Å². The van der Waals surface area contributed by atoms with Gasteiger partial charge in [0.05, 0.1) is 13.7 Å². The van der Waals surface area contributed by atoms with E-state index in [0.29, 0.717) is 12.6 Å². The van der Waals surface area contributed by atoms with Gasteiger partial charge in [-0.05, 0) is 37.1 Å². The summed E-state index contributed by atoms with van der Waals surface area (Å²) in [4.78, 5) is 2.42. The molecule has 1 aromatic rings. The van der Waals surface area contributed by atoms with Crippen molar-refractivity contribution in [2.45, 2.75) is 32.4 Å². The smallest absolute Gasteiger partial charge is 0.123 e. The van der Waals surface area contributed by atoms with Gasteiger partial charge in [0.15, 0.2) is 0 Å². The highest BCUT2D eigenvalue weighted by molar-refractivity contribution is 5.45. The van der Waals surface area contributed by atoms with Gasteiger partial charge in [0.25, 0.3) is 0 Å². The van der Waals surface area contributed by atoms with Crippen LogP contribution in [0.5, 0.6) is 5.75 Å². The largest absolute Gasteiger partial charge is 0.496 e. The molecule has 112 valence electrons. The van der Waals surface area contributed by atoms with Crippen molar-refractivity contribution in [3.8, 4) is 5.75 Å². The number of rotatable bonds is 6. The fourth-order valence-corrected chi connectivity index (χ4v) is 3.07. The van der Waals surface area contributed by atoms with E-state index in [-0.39, 0.29) is 6.61 Å². The first-order chi connectivity index (χ1) is 9.71. The van der Waals surface area contributed by atoms with Gasteiger partial charge in [-0.1, -0.05) is 13.0 Å². The van der Waals surface area contributed by atoms with Crippen molar-refractivity contribution in [2.75, 3.05) is 33.9 Å². The van der Waals surface area contributed by atoms with E-state index < -0.39 is 0 Å². The molecule has 1 aliphatic rings. The summed E-state index contributed by atoms with van der Waals surface area (Å²) in [5.41, 5.74) is 4.03. The van der Waals surface area contributed by atoms with Crippen molar-refractivity contribution in [2.24, 2.45) is 0 Å².